The van der Waals surface area contributed by atoms with Gasteiger partial charge in [-0.15, -0.1) is 0 Å². The molecule has 0 atom stereocenters. The Morgan fingerprint density at radius 1 is 0.838 bits per heavy atom. The molecule has 14 heteroatoms. The van der Waals surface area contributed by atoms with Gasteiger partial charge in [0.2, 0.25) is 5.91 Å². The zero-order chi connectivity index (χ0) is 28.8. The third-order valence-corrected chi connectivity index (χ3v) is 4.78. The van der Waals surface area contributed by atoms with E-state index in [0.29, 0.717) is 25.1 Å². The molecule has 1 aliphatic rings. The highest BCUT2D eigenvalue weighted by atomic mass is 16.4. The van der Waals surface area contributed by atoms with Crippen LogP contribution in [0.4, 0.5) is 5.69 Å². The first-order valence-electron chi connectivity index (χ1n) is 11.0. The van der Waals surface area contributed by atoms with Crippen molar-refractivity contribution in [3.05, 3.63) is 24.3 Å². The number of hydrogen-bond donors (Lipinski definition) is 6. The van der Waals surface area contributed by atoms with Crippen molar-refractivity contribution in [2.24, 2.45) is 0 Å². The zero-order valence-electron chi connectivity index (χ0n) is 20.8. The first-order chi connectivity index (χ1) is 17.1. The molecular formula is C23H33N3O11. The van der Waals surface area contributed by atoms with Gasteiger partial charge in [0.15, 0.2) is 0 Å². The van der Waals surface area contributed by atoms with E-state index in [-0.39, 0.29) is 11.7 Å². The summed E-state index contributed by atoms with van der Waals surface area (Å²) in [6.07, 6.45) is 0.774. The molecule has 0 bridgehead atoms. The molecule has 0 aliphatic carbocycles. The van der Waals surface area contributed by atoms with Gasteiger partial charge in [-0.2, -0.15) is 0 Å². The molecule has 1 heterocycles. The van der Waals surface area contributed by atoms with Crippen molar-refractivity contribution < 1.29 is 54.3 Å². The number of phenols is 1. The van der Waals surface area contributed by atoms with Crippen LogP contribution in [0.25, 0.3) is 0 Å². The maximum atomic E-state index is 12.1. The Morgan fingerprint density at radius 2 is 1.30 bits per heavy atom. The van der Waals surface area contributed by atoms with Gasteiger partial charge in [-0.25, -0.2) is 19.2 Å². The number of hydrogen-bond acceptors (Lipinski definition) is 9. The highest BCUT2D eigenvalue weighted by molar-refractivity contribution is 6.27. The molecule has 1 aliphatic heterocycles. The Morgan fingerprint density at radius 3 is 1.70 bits per heavy atom. The molecule has 1 saturated heterocycles. The number of nitrogens with zero attached hydrogens (tertiary/aromatic N) is 2. The summed E-state index contributed by atoms with van der Waals surface area (Å²) in [6, 6.07) is 7.38. The second-order valence-electron chi connectivity index (χ2n) is 8.60. The number of amides is 1. The fourth-order valence-corrected chi connectivity index (χ4v) is 3.31. The summed E-state index contributed by atoms with van der Waals surface area (Å²) in [5.41, 5.74) is 0.373. The molecule has 14 nitrogen and oxygen atoms in total. The number of aromatic hydroxyl groups is 1. The van der Waals surface area contributed by atoms with Gasteiger partial charge >= 0.3 is 23.9 Å². The maximum Gasteiger partial charge on any atom is 0.414 e. The fourth-order valence-electron chi connectivity index (χ4n) is 3.31. The lowest BCUT2D eigenvalue weighted by Gasteiger charge is -2.36. The monoisotopic (exact) mass is 527 g/mol. The number of para-hydroxylation sites is 2. The quantitative estimate of drug-likeness (QED) is 0.259. The molecule has 0 unspecified atom stereocenters. The molecule has 1 amide bonds. The predicted octanol–water partition coefficient (Wildman–Crippen LogP) is 0.0894. The number of carboxylic acids is 4. The zero-order valence-corrected chi connectivity index (χ0v) is 20.8. The van der Waals surface area contributed by atoms with Crippen molar-refractivity contribution in [1.29, 1.82) is 0 Å². The molecule has 1 fully saturated rings. The summed E-state index contributed by atoms with van der Waals surface area (Å²) in [7, 11) is 0. The molecule has 0 aromatic heterocycles. The van der Waals surface area contributed by atoms with Crippen LogP contribution in [0.15, 0.2) is 24.3 Å². The molecule has 206 valence electrons. The van der Waals surface area contributed by atoms with Crippen LogP contribution in [0, 0.1) is 0 Å². The Labute approximate surface area is 213 Å². The second kappa shape index (κ2) is 15.7. The first-order valence-corrected chi connectivity index (χ1v) is 11.0. The van der Waals surface area contributed by atoms with Crippen molar-refractivity contribution in [2.75, 3.05) is 37.6 Å². The van der Waals surface area contributed by atoms with Crippen LogP contribution < -0.4 is 10.2 Å². The van der Waals surface area contributed by atoms with Crippen LogP contribution in [0.5, 0.6) is 5.75 Å². The normalized spacial score (nSPS) is 13.1. The number of rotatable bonds is 7. The number of aliphatic carboxylic acids is 4. The van der Waals surface area contributed by atoms with Crippen LogP contribution in [0.3, 0.4) is 0 Å². The molecule has 37 heavy (non-hydrogen) atoms. The predicted molar refractivity (Wildman–Crippen MR) is 129 cm³/mol. The van der Waals surface area contributed by atoms with Crippen molar-refractivity contribution in [3.63, 3.8) is 0 Å². The summed E-state index contributed by atoms with van der Waals surface area (Å²) in [4.78, 5) is 64.2. The maximum absolute atomic E-state index is 12.1. The van der Waals surface area contributed by atoms with E-state index in [1.165, 1.54) is 6.92 Å². The number of Topliss-reactive ketones (excluding diaryl/α,β-unsaturated/α-hetero) is 1. The van der Waals surface area contributed by atoms with Crippen molar-refractivity contribution in [3.8, 4) is 5.75 Å². The molecule has 0 radical (unpaired) electrons. The van der Waals surface area contributed by atoms with E-state index in [9.17, 15) is 14.7 Å². The van der Waals surface area contributed by atoms with Gasteiger partial charge < -0.3 is 35.7 Å². The Hall–Kier alpha value is -4.20. The highest BCUT2D eigenvalue weighted by Gasteiger charge is 2.23. The number of piperazine rings is 1. The van der Waals surface area contributed by atoms with Gasteiger partial charge in [-0.3, -0.25) is 14.5 Å². The standard InChI is InChI=1S/C19H29N3O3.2C2H2O4/c1-15(23)14-19(2,3)20-18(25)8-9-21-10-12-22(13-11-21)16-6-4-5-7-17(16)24;2*3-1(4)2(5)6/h4-7,24H,8-14H2,1-3H3,(H,20,25);2*(H,3,4)(H,5,6). The van der Waals surface area contributed by atoms with Crippen molar-refractivity contribution >= 4 is 41.3 Å². The van der Waals surface area contributed by atoms with E-state index in [1.54, 1.807) is 6.07 Å². The first kappa shape index (κ1) is 32.8. The number of ketones is 1. The number of anilines is 1. The fraction of sp³-hybridized carbons (Fsp3) is 0.478. The smallest absolute Gasteiger partial charge is 0.414 e. The Kier molecular flexibility index (Phi) is 13.9. The van der Waals surface area contributed by atoms with Crippen LogP contribution in [-0.4, -0.2) is 104 Å². The molecule has 1 aromatic rings. The lowest BCUT2D eigenvalue weighted by atomic mass is 9.98. The number of carbonyl (C=O) groups excluding carboxylic acids is 2. The highest BCUT2D eigenvalue weighted by Crippen LogP contribution is 2.27. The van der Waals surface area contributed by atoms with Crippen molar-refractivity contribution in [1.82, 2.24) is 10.2 Å². The van der Waals surface area contributed by atoms with Gasteiger partial charge in [-0.1, -0.05) is 12.1 Å². The third-order valence-electron chi connectivity index (χ3n) is 4.78. The number of benzene rings is 1. The van der Waals surface area contributed by atoms with Gasteiger partial charge in [0.1, 0.15) is 11.5 Å². The Bertz CT molecular complexity index is 922. The third kappa shape index (κ3) is 14.7. The summed E-state index contributed by atoms with van der Waals surface area (Å²) in [5.74, 6) is -6.93. The minimum absolute atomic E-state index is 0.0191. The van der Waals surface area contributed by atoms with Gasteiger partial charge in [0.05, 0.1) is 5.69 Å². The lowest BCUT2D eigenvalue weighted by molar-refractivity contribution is -0.159. The average Bonchev–Trinajstić information content (AvgIpc) is 2.78. The molecule has 2 rings (SSSR count). The number of carboxylic acid groups (broad SMARTS) is 4. The SMILES string of the molecule is CC(=O)CC(C)(C)NC(=O)CCN1CCN(c2ccccc2O)CC1.O=C(O)C(=O)O.O=C(O)C(=O)O. The second-order valence-corrected chi connectivity index (χ2v) is 8.60. The molecule has 6 N–H and O–H groups in total. The van der Waals surface area contributed by atoms with E-state index < -0.39 is 29.4 Å². The van der Waals surface area contributed by atoms with Crippen LogP contribution in [0.2, 0.25) is 0 Å². The van der Waals surface area contributed by atoms with E-state index in [4.69, 9.17) is 39.6 Å². The molecule has 0 saturated carbocycles. The summed E-state index contributed by atoms with van der Waals surface area (Å²) in [6.45, 7) is 9.37. The largest absolute Gasteiger partial charge is 0.506 e. The van der Waals surface area contributed by atoms with E-state index in [1.807, 2.05) is 32.0 Å². The van der Waals surface area contributed by atoms with Crippen molar-refractivity contribution in [2.45, 2.75) is 39.2 Å². The average molecular weight is 528 g/mol. The number of carbonyl (C=O) groups is 6. The van der Waals surface area contributed by atoms with Crippen LogP contribution >= 0.6 is 0 Å². The minimum atomic E-state index is -1.82. The van der Waals surface area contributed by atoms with Gasteiger partial charge in [0.25, 0.3) is 0 Å². The molecule has 1 aromatic carbocycles. The van der Waals surface area contributed by atoms with E-state index in [0.717, 1.165) is 31.9 Å². The van der Waals surface area contributed by atoms with E-state index >= 15 is 0 Å². The topological polar surface area (TPSA) is 222 Å². The van der Waals surface area contributed by atoms with E-state index in [2.05, 4.69) is 15.1 Å². The van der Waals surface area contributed by atoms with Crippen LogP contribution in [-0.2, 0) is 28.8 Å². The summed E-state index contributed by atoms with van der Waals surface area (Å²) in [5, 5.41) is 42.4. The van der Waals surface area contributed by atoms with Crippen LogP contribution in [0.1, 0.15) is 33.6 Å². The lowest BCUT2D eigenvalue weighted by Crippen LogP contribution is -2.49. The summed E-state index contributed by atoms with van der Waals surface area (Å²) < 4.78 is 0. The number of phenolic OH excluding ortho intramolecular Hbond substituents is 1. The van der Waals surface area contributed by atoms with Gasteiger partial charge in [0, 0.05) is 51.1 Å². The number of nitrogens with one attached hydrogen (secondary N) is 1. The van der Waals surface area contributed by atoms with Gasteiger partial charge in [-0.05, 0) is 32.9 Å². The minimum Gasteiger partial charge on any atom is -0.506 e. The Balaban J connectivity index is 0.000000896. The summed E-state index contributed by atoms with van der Waals surface area (Å²) >= 11 is 0. The molecule has 0 spiro atoms. The molecular weight excluding hydrogens is 494 g/mol.